The van der Waals surface area contributed by atoms with Gasteiger partial charge >= 0.3 is 26.2 Å². The number of rotatable bonds is 0. The summed E-state index contributed by atoms with van der Waals surface area (Å²) >= 11 is 0. The van der Waals surface area contributed by atoms with E-state index in [1.54, 1.807) is 0 Å². The molecule has 0 bridgehead atoms. The fourth-order valence-corrected chi connectivity index (χ4v) is 3.78. The standard InChI is InChI=1S/2C13H9.2CH3.Zr/c2*1-2-6-12-10(4-1)8-9-11-5-3-7-13(11)12;;;/h2*1-9H;2*1H3;/q4*-1;+4. The molecule has 0 unspecified atom stereocenters. The Hall–Kier alpha value is -2.50. The molecule has 0 atom stereocenters. The zero-order chi connectivity index (χ0) is 17.3. The van der Waals surface area contributed by atoms with Gasteiger partial charge in [-0.3, -0.25) is 0 Å². The normalized spacial score (nSPS) is 9.93. The summed E-state index contributed by atoms with van der Waals surface area (Å²) < 4.78 is 0. The van der Waals surface area contributed by atoms with Crippen molar-refractivity contribution in [1.82, 2.24) is 0 Å². The summed E-state index contributed by atoms with van der Waals surface area (Å²) in [5.41, 5.74) is 0. The molecule has 29 heavy (non-hydrogen) atoms. The van der Waals surface area contributed by atoms with E-state index in [2.05, 4.69) is 109 Å². The number of hydrogen-bond donors (Lipinski definition) is 0. The Balaban J connectivity index is 0.000000187. The van der Waals surface area contributed by atoms with E-state index in [1.165, 1.54) is 43.1 Å². The van der Waals surface area contributed by atoms with Gasteiger partial charge in [-0.1, -0.05) is 71.4 Å². The minimum absolute atomic E-state index is 0. The van der Waals surface area contributed by atoms with Gasteiger partial charge in [-0.25, -0.2) is 0 Å². The molecule has 0 N–H and O–H groups in total. The van der Waals surface area contributed by atoms with Crippen LogP contribution < -0.4 is 0 Å². The largest absolute Gasteiger partial charge is 4.00 e. The van der Waals surface area contributed by atoms with Crippen LogP contribution in [0.5, 0.6) is 0 Å². The Morgan fingerprint density at radius 2 is 0.828 bits per heavy atom. The van der Waals surface area contributed by atoms with E-state index in [0.29, 0.717) is 0 Å². The van der Waals surface area contributed by atoms with Gasteiger partial charge in [0.05, 0.1) is 0 Å². The maximum atomic E-state index is 2.18. The molecule has 0 radical (unpaired) electrons. The number of benzene rings is 4. The Morgan fingerprint density at radius 3 is 1.28 bits per heavy atom. The number of hydrogen-bond acceptors (Lipinski definition) is 0. The van der Waals surface area contributed by atoms with E-state index >= 15 is 0 Å². The van der Waals surface area contributed by atoms with Gasteiger partial charge in [-0.05, 0) is 10.8 Å². The molecule has 0 amide bonds. The molecule has 0 heterocycles. The summed E-state index contributed by atoms with van der Waals surface area (Å²) in [6.07, 6.45) is 0. The van der Waals surface area contributed by atoms with Crippen molar-refractivity contribution in [1.29, 1.82) is 0 Å². The maximum absolute atomic E-state index is 2.18. The van der Waals surface area contributed by atoms with Gasteiger partial charge < -0.3 is 14.9 Å². The van der Waals surface area contributed by atoms with Gasteiger partial charge in [-0.2, -0.15) is 24.3 Å². The van der Waals surface area contributed by atoms with Crippen LogP contribution in [-0.4, -0.2) is 0 Å². The summed E-state index contributed by atoms with van der Waals surface area (Å²) in [6, 6.07) is 38.6. The molecule has 6 aromatic rings. The Bertz CT molecular complexity index is 1230. The molecule has 0 saturated carbocycles. The van der Waals surface area contributed by atoms with Crippen molar-refractivity contribution in [2.75, 3.05) is 0 Å². The minimum Gasteiger partial charge on any atom is -0.358 e. The van der Waals surface area contributed by atoms with Crippen LogP contribution in [0.15, 0.2) is 109 Å². The predicted octanol–water partition coefficient (Wildman–Crippen LogP) is 8.32. The second-order valence-electron chi connectivity index (χ2n) is 6.63. The van der Waals surface area contributed by atoms with Crippen LogP contribution in [-0.2, 0) is 26.2 Å². The topological polar surface area (TPSA) is 0 Å². The van der Waals surface area contributed by atoms with Crippen molar-refractivity contribution in [2.45, 2.75) is 0 Å². The summed E-state index contributed by atoms with van der Waals surface area (Å²) in [4.78, 5) is 0. The van der Waals surface area contributed by atoms with Crippen LogP contribution in [0.3, 0.4) is 0 Å². The second kappa shape index (κ2) is 9.81. The fourth-order valence-electron chi connectivity index (χ4n) is 3.78. The summed E-state index contributed by atoms with van der Waals surface area (Å²) in [6.45, 7) is 0. The molecule has 0 nitrogen and oxygen atoms in total. The molecule has 0 saturated heterocycles. The fraction of sp³-hybridized carbons (Fsp3) is 0. The van der Waals surface area contributed by atoms with E-state index in [9.17, 15) is 0 Å². The van der Waals surface area contributed by atoms with Gasteiger partial charge in [-0.15, -0.1) is 45.8 Å². The van der Waals surface area contributed by atoms with Crippen molar-refractivity contribution in [3.63, 3.8) is 0 Å². The van der Waals surface area contributed by atoms with Gasteiger partial charge in [0.15, 0.2) is 0 Å². The molecule has 0 fully saturated rings. The van der Waals surface area contributed by atoms with Gasteiger partial charge in [0.25, 0.3) is 0 Å². The monoisotopic (exact) mass is 450 g/mol. The first-order valence-corrected chi connectivity index (χ1v) is 8.96. The predicted molar refractivity (Wildman–Crippen MR) is 127 cm³/mol. The Kier molecular flexibility index (Phi) is 7.71. The second-order valence-corrected chi connectivity index (χ2v) is 6.63. The molecular formula is C28H24Zr. The third-order valence-corrected chi connectivity index (χ3v) is 5.09. The van der Waals surface area contributed by atoms with E-state index in [1.807, 2.05) is 0 Å². The van der Waals surface area contributed by atoms with E-state index < -0.39 is 0 Å². The summed E-state index contributed by atoms with van der Waals surface area (Å²) in [5, 5.41) is 10.7. The molecule has 0 aliphatic heterocycles. The van der Waals surface area contributed by atoms with Crippen molar-refractivity contribution in [3.05, 3.63) is 124 Å². The first-order chi connectivity index (χ1) is 12.9. The third-order valence-electron chi connectivity index (χ3n) is 5.09. The molecule has 0 aromatic heterocycles. The van der Waals surface area contributed by atoms with Crippen molar-refractivity contribution < 1.29 is 26.2 Å². The van der Waals surface area contributed by atoms with Crippen LogP contribution in [0.2, 0.25) is 0 Å². The smallest absolute Gasteiger partial charge is 0.358 e. The molecule has 140 valence electrons. The molecule has 1 heteroatoms. The van der Waals surface area contributed by atoms with Crippen LogP contribution in [0.25, 0.3) is 43.1 Å². The average molecular weight is 452 g/mol. The molecule has 0 aliphatic rings. The maximum Gasteiger partial charge on any atom is 4.00 e. The quantitative estimate of drug-likeness (QED) is 0.204. The van der Waals surface area contributed by atoms with E-state index in [-0.39, 0.29) is 41.1 Å². The third kappa shape index (κ3) is 4.26. The molecule has 0 aliphatic carbocycles. The van der Waals surface area contributed by atoms with Crippen molar-refractivity contribution >= 4 is 43.1 Å². The minimum atomic E-state index is 0. The first-order valence-electron chi connectivity index (χ1n) is 8.96. The van der Waals surface area contributed by atoms with E-state index in [0.717, 1.165) is 0 Å². The average Bonchev–Trinajstić information content (AvgIpc) is 3.38. The van der Waals surface area contributed by atoms with Crippen LogP contribution >= 0.6 is 0 Å². The van der Waals surface area contributed by atoms with Crippen LogP contribution in [0, 0.1) is 14.9 Å². The Morgan fingerprint density at radius 1 is 0.414 bits per heavy atom. The Labute approximate surface area is 192 Å². The van der Waals surface area contributed by atoms with Crippen LogP contribution in [0.1, 0.15) is 0 Å². The van der Waals surface area contributed by atoms with Crippen LogP contribution in [0.4, 0.5) is 0 Å². The first kappa shape index (κ1) is 22.8. The van der Waals surface area contributed by atoms with Gasteiger partial charge in [0.1, 0.15) is 0 Å². The molecule has 6 rings (SSSR count). The summed E-state index contributed by atoms with van der Waals surface area (Å²) in [5.74, 6) is 0. The zero-order valence-electron chi connectivity index (χ0n) is 16.9. The SMILES string of the molecule is [CH3-].[CH3-].[Zr+4].c1ccc2c(c1)ccc1[cH-]ccc12.c1ccc2c(c1)ccc1[cH-]ccc12. The molecular weight excluding hydrogens is 428 g/mol. The molecule has 0 spiro atoms. The molecule has 6 aromatic carbocycles. The van der Waals surface area contributed by atoms with Gasteiger partial charge in [0.2, 0.25) is 0 Å². The zero-order valence-corrected chi connectivity index (χ0v) is 19.4. The van der Waals surface area contributed by atoms with Gasteiger partial charge in [0, 0.05) is 0 Å². The summed E-state index contributed by atoms with van der Waals surface area (Å²) in [7, 11) is 0. The number of fused-ring (bicyclic) bond motifs is 6. The van der Waals surface area contributed by atoms with Crippen molar-refractivity contribution in [3.8, 4) is 0 Å². The van der Waals surface area contributed by atoms with E-state index in [4.69, 9.17) is 0 Å². The van der Waals surface area contributed by atoms with Crippen molar-refractivity contribution in [2.24, 2.45) is 0 Å².